The van der Waals surface area contributed by atoms with E-state index in [0.717, 1.165) is 131 Å². The van der Waals surface area contributed by atoms with Crippen molar-refractivity contribution in [1.82, 2.24) is 44.7 Å². The second-order valence-corrected chi connectivity index (χ2v) is 35.2. The summed E-state index contributed by atoms with van der Waals surface area (Å²) in [7, 11) is -7.90. The molecule has 0 bridgehead atoms. The summed E-state index contributed by atoms with van der Waals surface area (Å²) < 4.78 is 56.3. The van der Waals surface area contributed by atoms with Gasteiger partial charge in [-0.1, -0.05) is 195 Å². The topological polar surface area (TPSA) is 235 Å². The lowest BCUT2D eigenvalue weighted by Gasteiger charge is -2.14. The zero-order chi connectivity index (χ0) is 82.1. The third-order valence-electron chi connectivity index (χ3n) is 19.6. The fourth-order valence-corrected chi connectivity index (χ4v) is 17.4. The molecule has 29 heteroatoms. The number of hydrogen-bond donors (Lipinski definition) is 4. The Kier molecular flexibility index (Phi) is 27.6. The Balaban J connectivity index is 0.000000151. The van der Waals surface area contributed by atoms with Gasteiger partial charge in [0, 0.05) is 58.4 Å². The lowest BCUT2D eigenvalue weighted by Crippen LogP contribution is -2.31. The van der Waals surface area contributed by atoms with Crippen LogP contribution in [0, 0.1) is 0 Å². The van der Waals surface area contributed by atoms with Gasteiger partial charge in [-0.25, -0.2) is 40.7 Å². The number of nitrogens with two attached hydrogens (primary N) is 1. The van der Waals surface area contributed by atoms with Gasteiger partial charge in [-0.2, -0.15) is 15.3 Å². The molecule has 12 aromatic rings. The number of carbonyl (C=O) groups is 3. The van der Waals surface area contributed by atoms with Gasteiger partial charge in [0.2, 0.25) is 10.0 Å². The van der Waals surface area contributed by atoms with Crippen LogP contribution >= 0.6 is 116 Å². The number of halogens is 10. The largest absolute Gasteiger partial charge is 0.347 e. The van der Waals surface area contributed by atoms with E-state index in [1.165, 1.54) is 24.3 Å². The van der Waals surface area contributed by atoms with E-state index in [1.54, 1.807) is 92.9 Å². The quantitative estimate of drug-likeness (QED) is 0.0668. The van der Waals surface area contributed by atoms with E-state index in [2.05, 4.69) is 32.6 Å². The summed E-state index contributed by atoms with van der Waals surface area (Å²) in [5.41, 5.74) is 15.1. The molecule has 0 saturated heterocycles. The Bertz CT molecular complexity index is 6040. The van der Waals surface area contributed by atoms with Crippen LogP contribution in [0.1, 0.15) is 164 Å². The fourth-order valence-electron chi connectivity index (χ4n) is 14.0. The first-order chi connectivity index (χ1) is 55.6. The van der Waals surface area contributed by atoms with Gasteiger partial charge in [-0.15, -0.1) is 0 Å². The highest BCUT2D eigenvalue weighted by Gasteiger charge is 2.34. The van der Waals surface area contributed by atoms with E-state index in [4.69, 9.17) is 131 Å². The number of rotatable bonds is 16. The van der Waals surface area contributed by atoms with Gasteiger partial charge in [0.25, 0.3) is 27.7 Å². The monoisotopic (exact) mass is 1780 g/mol. The van der Waals surface area contributed by atoms with Crippen molar-refractivity contribution in [3.05, 3.63) is 335 Å². The average Bonchev–Trinajstić information content (AvgIpc) is 1.62. The van der Waals surface area contributed by atoms with Crippen molar-refractivity contribution >= 4 is 189 Å². The average molecular weight is 1790 g/mol. The van der Waals surface area contributed by atoms with Gasteiger partial charge in [-0.3, -0.25) is 14.4 Å². The highest BCUT2D eigenvalue weighted by molar-refractivity contribution is 7.90. The third-order valence-corrected chi connectivity index (χ3v) is 24.5. The van der Waals surface area contributed by atoms with Crippen LogP contribution in [-0.2, 0) is 45.9 Å². The molecule has 594 valence electrons. The Hall–Kier alpha value is -9.00. The fraction of sp³-hybridized carbons (Fsp3) is 0.172. The van der Waals surface area contributed by atoms with Crippen LogP contribution in [0.2, 0.25) is 50.2 Å². The highest BCUT2D eigenvalue weighted by atomic mass is 35.5. The number of amides is 3. The molecule has 5 N–H and O–H groups in total. The van der Waals surface area contributed by atoms with Crippen LogP contribution in [0.25, 0.3) is 52.0 Å². The zero-order valence-electron chi connectivity index (χ0n) is 61.8. The van der Waals surface area contributed by atoms with Crippen molar-refractivity contribution in [1.29, 1.82) is 0 Å². The number of allylic oxidation sites excluding steroid dienone is 3. The predicted molar refractivity (Wildman–Crippen MR) is 469 cm³/mol. The SMILES string of the molecule is CC(NC(=O)c1nn(-c2ccc(Cl)cc2Cl)c2c1CCCC/C2=C\c1ccc(Cl)cc1)c1ccc(Cl)cc1.NS(=O)(=O)c1ccc(CNC(=O)c2nn(-c3ccc(Cl)cc3Cl)c3c2CCCC/C3=C\c2ccc(Cl)cc2)cc1.O=C(NS(=O)(=O)c1ccccc1)c1nn(-c2ccc(Cl)cc2Cl)c2c1CCCC/C2=C\c1ccc(Cl)cc1. The van der Waals surface area contributed by atoms with E-state index >= 15 is 0 Å². The number of aromatic nitrogens is 6. The predicted octanol–water partition coefficient (Wildman–Crippen LogP) is 23.1. The summed E-state index contributed by atoms with van der Waals surface area (Å²) in [5.74, 6) is -1.38. The lowest BCUT2D eigenvalue weighted by molar-refractivity contribution is 0.0928. The summed E-state index contributed by atoms with van der Waals surface area (Å²) in [6.07, 6.45) is 16.0. The van der Waals surface area contributed by atoms with Crippen LogP contribution in [0.5, 0.6) is 0 Å². The molecule has 116 heavy (non-hydrogen) atoms. The normalized spacial score (nSPS) is 14.8. The standard InChI is InChI=1S/C30H25Cl4N3O.C29H25Cl3N4O3S.C28H22Cl3N3O3S/c1-18(20-8-12-23(32)13-9-20)35-30(38)28-25-5-3-2-4-21(16-19-6-10-22(31)11-7-19)29(25)37(36-28)27-15-14-24(33)17-26(27)34;30-21-9-5-18(6-10-21)15-20-3-1-2-4-24-27(35-36(28(20)24)26-14-11-22(31)16-25(26)32)29(37)34-17-19-7-12-23(13-8-19)40(33,38)39;29-20-12-10-18(11-13-20)16-19-6-4-5-9-23-26(28(35)33-38(36,37)22-7-2-1-3-8-22)32-34(27(19)23)25-15-14-21(30)17-24(25)31/h6-18H,2-5H2,1H3,(H,35,38);5-16H,1-4,17H2,(H,34,37)(H2,33,38,39);1-3,7-8,10-17H,4-6,9H2,(H,33,35)/b21-16+;20-15+;19-16+. The first-order valence-electron chi connectivity index (χ1n) is 36.8. The number of nitrogens with zero attached hydrogens (tertiary/aromatic N) is 6. The number of fused-ring (bicyclic) bond motifs is 3. The molecule has 0 saturated carbocycles. The summed E-state index contributed by atoms with van der Waals surface area (Å²) in [6.45, 7) is 2.12. The third kappa shape index (κ3) is 20.6. The molecule has 3 aliphatic carbocycles. The molecule has 0 spiro atoms. The van der Waals surface area contributed by atoms with E-state index in [9.17, 15) is 31.2 Å². The molecule has 15 rings (SSSR count). The summed E-state index contributed by atoms with van der Waals surface area (Å²) in [6, 6.07) is 59.2. The van der Waals surface area contributed by atoms with E-state index in [1.807, 2.05) is 116 Å². The van der Waals surface area contributed by atoms with Crippen molar-refractivity contribution in [3.63, 3.8) is 0 Å². The smallest absolute Gasteiger partial charge is 0.285 e. The molecule has 1 unspecified atom stereocenters. The van der Waals surface area contributed by atoms with Gasteiger partial charge < -0.3 is 10.6 Å². The summed E-state index contributed by atoms with van der Waals surface area (Å²) in [4.78, 5) is 40.6. The van der Waals surface area contributed by atoms with Gasteiger partial charge in [0.05, 0.1) is 65.0 Å². The van der Waals surface area contributed by atoms with E-state index in [0.29, 0.717) is 103 Å². The number of carbonyl (C=O) groups excluding carboxylic acids is 3. The lowest BCUT2D eigenvalue weighted by atomic mass is 10.0. The number of benzene rings is 9. The molecule has 17 nitrogen and oxygen atoms in total. The van der Waals surface area contributed by atoms with Crippen LogP contribution in [0.4, 0.5) is 0 Å². The first-order valence-corrected chi connectivity index (χ1v) is 43.6. The summed E-state index contributed by atoms with van der Waals surface area (Å²) in [5, 5.41) is 30.8. The maximum atomic E-state index is 13.7. The molecule has 3 aromatic heterocycles. The molecule has 3 amide bonds. The first kappa shape index (κ1) is 84.9. The van der Waals surface area contributed by atoms with Gasteiger partial charge in [0.15, 0.2) is 17.1 Å². The molecule has 0 aliphatic heterocycles. The second-order valence-electron chi connectivity index (χ2n) is 27.7. The Labute approximate surface area is 722 Å². The molecule has 3 aliphatic rings. The maximum Gasteiger partial charge on any atom is 0.285 e. The molecule has 9 aromatic carbocycles. The van der Waals surface area contributed by atoms with Crippen LogP contribution in [-0.4, -0.2) is 63.9 Å². The van der Waals surface area contributed by atoms with Crippen LogP contribution in [0.15, 0.2) is 216 Å². The van der Waals surface area contributed by atoms with E-state index < -0.39 is 26.0 Å². The van der Waals surface area contributed by atoms with Crippen molar-refractivity contribution in [3.8, 4) is 17.1 Å². The van der Waals surface area contributed by atoms with Crippen molar-refractivity contribution in [2.45, 2.75) is 106 Å². The van der Waals surface area contributed by atoms with Crippen molar-refractivity contribution in [2.24, 2.45) is 5.14 Å². The van der Waals surface area contributed by atoms with E-state index in [-0.39, 0.29) is 39.9 Å². The van der Waals surface area contributed by atoms with Crippen molar-refractivity contribution in [2.75, 3.05) is 0 Å². The van der Waals surface area contributed by atoms with Crippen molar-refractivity contribution < 1.29 is 31.2 Å². The molecule has 1 atom stereocenters. The van der Waals surface area contributed by atoms with Gasteiger partial charge in [-0.05, 0) is 274 Å². The number of sulfonamides is 2. The Morgan fingerprint density at radius 1 is 0.405 bits per heavy atom. The highest BCUT2D eigenvalue weighted by Crippen LogP contribution is 2.42. The molecular formula is C87H72Cl10N10O7S2. The maximum absolute atomic E-state index is 13.7. The Morgan fingerprint density at radius 3 is 1.10 bits per heavy atom. The molecule has 3 heterocycles. The molecular weight excluding hydrogens is 1720 g/mol. The van der Waals surface area contributed by atoms with Crippen LogP contribution in [0.3, 0.4) is 0 Å². The Morgan fingerprint density at radius 2 is 0.741 bits per heavy atom. The van der Waals surface area contributed by atoms with Crippen LogP contribution < -0.4 is 20.5 Å². The van der Waals surface area contributed by atoms with Gasteiger partial charge in [0.1, 0.15) is 0 Å². The molecule has 0 fully saturated rings. The number of primary sulfonamides is 1. The second kappa shape index (κ2) is 37.7. The molecule has 0 radical (unpaired) electrons. The number of hydrogen-bond acceptors (Lipinski definition) is 10. The minimum absolute atomic E-state index is 0.00601. The van der Waals surface area contributed by atoms with Gasteiger partial charge >= 0.3 is 0 Å². The summed E-state index contributed by atoms with van der Waals surface area (Å²) >= 11 is 62.7. The zero-order valence-corrected chi connectivity index (χ0v) is 71.0. The number of nitrogens with one attached hydrogen (secondary N) is 3. The minimum Gasteiger partial charge on any atom is -0.347 e. The minimum atomic E-state index is -4.10.